The van der Waals surface area contributed by atoms with Crippen molar-refractivity contribution < 1.29 is 0 Å². The van der Waals surface area contributed by atoms with Crippen LogP contribution in [0.15, 0.2) is 0 Å². The maximum atomic E-state index is 3.74. The molecule has 0 spiro atoms. The van der Waals surface area contributed by atoms with Crippen LogP contribution in [0.4, 0.5) is 0 Å². The Hall–Kier alpha value is 0.310. The highest BCUT2D eigenvalue weighted by molar-refractivity contribution is 8.00. The van der Waals surface area contributed by atoms with Gasteiger partial charge in [0.1, 0.15) is 0 Å². The van der Waals surface area contributed by atoms with Gasteiger partial charge in [0.15, 0.2) is 0 Å². The van der Waals surface area contributed by atoms with Gasteiger partial charge in [0, 0.05) is 17.3 Å². The van der Waals surface area contributed by atoms with Crippen molar-refractivity contribution in [3.05, 3.63) is 0 Å². The molecule has 12 heavy (non-hydrogen) atoms. The van der Waals surface area contributed by atoms with Gasteiger partial charge >= 0.3 is 0 Å². The smallest absolute Gasteiger partial charge is 0.0194 e. The quantitative estimate of drug-likeness (QED) is 0.726. The molecular weight excluding hydrogens is 166 g/mol. The van der Waals surface area contributed by atoms with Gasteiger partial charge in [-0.1, -0.05) is 20.8 Å². The molecular formula is C10H21NS. The van der Waals surface area contributed by atoms with E-state index in [0.29, 0.717) is 0 Å². The van der Waals surface area contributed by atoms with Crippen molar-refractivity contribution in [1.29, 1.82) is 0 Å². The molecule has 0 aromatic rings. The van der Waals surface area contributed by atoms with Gasteiger partial charge in [-0.15, -0.1) is 0 Å². The zero-order valence-corrected chi connectivity index (χ0v) is 9.29. The third-order valence-electron chi connectivity index (χ3n) is 2.81. The highest BCUT2D eigenvalue weighted by Crippen LogP contribution is 2.26. The Labute approximate surface area is 80.7 Å². The third kappa shape index (κ3) is 2.67. The van der Waals surface area contributed by atoms with Gasteiger partial charge in [0.25, 0.3) is 0 Å². The van der Waals surface area contributed by atoms with Crippen molar-refractivity contribution in [2.75, 3.05) is 5.75 Å². The molecule has 1 nitrogen and oxygen atoms in total. The predicted octanol–water partition coefficient (Wildman–Crippen LogP) is 2.66. The molecule has 1 N–H and O–H groups in total. The Bertz CT molecular complexity index is 123. The fraction of sp³-hybridized carbons (Fsp3) is 1.00. The van der Waals surface area contributed by atoms with Crippen LogP contribution in [0.2, 0.25) is 0 Å². The van der Waals surface area contributed by atoms with Crippen LogP contribution in [0.5, 0.6) is 0 Å². The lowest BCUT2D eigenvalue weighted by atomic mass is 10.1. The van der Waals surface area contributed by atoms with Crippen LogP contribution in [0, 0.1) is 0 Å². The van der Waals surface area contributed by atoms with E-state index in [1.807, 2.05) is 0 Å². The molecule has 2 atom stereocenters. The molecule has 72 valence electrons. The Morgan fingerprint density at radius 2 is 2.08 bits per heavy atom. The number of hydrogen-bond donors (Lipinski definition) is 1. The SMILES string of the molecule is CCC(CC)NC1CCSC1C. The standard InChI is InChI=1S/C10H21NS/c1-4-9(5-2)11-10-6-7-12-8(10)3/h8-11H,4-7H2,1-3H3. The second kappa shape index (κ2) is 5.13. The lowest BCUT2D eigenvalue weighted by Gasteiger charge is -2.23. The molecule has 2 unspecified atom stereocenters. The first-order chi connectivity index (χ1) is 5.77. The Kier molecular flexibility index (Phi) is 4.44. The molecule has 1 aliphatic rings. The van der Waals surface area contributed by atoms with Crippen LogP contribution in [-0.4, -0.2) is 23.1 Å². The molecule has 0 amide bonds. The van der Waals surface area contributed by atoms with E-state index in [2.05, 4.69) is 37.8 Å². The second-order valence-electron chi connectivity index (χ2n) is 3.65. The zero-order chi connectivity index (χ0) is 8.97. The van der Waals surface area contributed by atoms with Crippen molar-refractivity contribution in [2.24, 2.45) is 0 Å². The average Bonchev–Trinajstić information content (AvgIpc) is 2.47. The van der Waals surface area contributed by atoms with Crippen molar-refractivity contribution in [3.8, 4) is 0 Å². The summed E-state index contributed by atoms with van der Waals surface area (Å²) in [5.74, 6) is 1.35. The molecule has 1 fully saturated rings. The molecule has 0 aliphatic carbocycles. The minimum atomic E-state index is 0.746. The summed E-state index contributed by atoms with van der Waals surface area (Å²) in [7, 11) is 0. The van der Waals surface area contributed by atoms with Crippen LogP contribution in [0.3, 0.4) is 0 Å². The highest BCUT2D eigenvalue weighted by Gasteiger charge is 2.24. The van der Waals surface area contributed by atoms with Gasteiger partial charge in [-0.2, -0.15) is 11.8 Å². The molecule has 0 aromatic carbocycles. The van der Waals surface area contributed by atoms with Gasteiger partial charge < -0.3 is 5.32 Å². The van der Waals surface area contributed by atoms with Crippen molar-refractivity contribution >= 4 is 11.8 Å². The van der Waals surface area contributed by atoms with Gasteiger partial charge in [-0.3, -0.25) is 0 Å². The van der Waals surface area contributed by atoms with E-state index in [0.717, 1.165) is 17.3 Å². The summed E-state index contributed by atoms with van der Waals surface area (Å²) >= 11 is 2.11. The zero-order valence-electron chi connectivity index (χ0n) is 8.47. The van der Waals surface area contributed by atoms with Crippen molar-refractivity contribution in [2.45, 2.75) is 57.4 Å². The minimum Gasteiger partial charge on any atom is -0.310 e. The molecule has 0 radical (unpaired) electrons. The van der Waals surface area contributed by atoms with E-state index in [4.69, 9.17) is 0 Å². The van der Waals surface area contributed by atoms with Crippen LogP contribution in [0.1, 0.15) is 40.0 Å². The average molecular weight is 187 g/mol. The predicted molar refractivity (Wildman–Crippen MR) is 57.8 cm³/mol. The monoisotopic (exact) mass is 187 g/mol. The van der Waals surface area contributed by atoms with Crippen LogP contribution >= 0.6 is 11.8 Å². The highest BCUT2D eigenvalue weighted by atomic mass is 32.2. The largest absolute Gasteiger partial charge is 0.310 e. The molecule has 1 rings (SSSR count). The molecule has 1 aliphatic heterocycles. The molecule has 2 heteroatoms. The molecule has 0 bridgehead atoms. The summed E-state index contributed by atoms with van der Waals surface area (Å²) in [6.45, 7) is 6.89. The first-order valence-corrected chi connectivity index (χ1v) is 6.20. The van der Waals surface area contributed by atoms with Gasteiger partial charge in [0.2, 0.25) is 0 Å². The van der Waals surface area contributed by atoms with E-state index in [1.54, 1.807) is 0 Å². The van der Waals surface area contributed by atoms with Crippen molar-refractivity contribution in [1.82, 2.24) is 5.32 Å². The van der Waals surface area contributed by atoms with E-state index >= 15 is 0 Å². The number of nitrogens with one attached hydrogen (secondary N) is 1. The summed E-state index contributed by atoms with van der Waals surface area (Å²) in [6, 6.07) is 1.52. The molecule has 1 heterocycles. The lowest BCUT2D eigenvalue weighted by molar-refractivity contribution is 0.406. The van der Waals surface area contributed by atoms with E-state index in [-0.39, 0.29) is 0 Å². The third-order valence-corrected chi connectivity index (χ3v) is 4.14. The first-order valence-electron chi connectivity index (χ1n) is 5.15. The summed E-state index contributed by atoms with van der Waals surface area (Å²) in [6.07, 6.45) is 3.90. The normalized spacial score (nSPS) is 30.0. The maximum absolute atomic E-state index is 3.74. The molecule has 0 saturated carbocycles. The first kappa shape index (κ1) is 10.4. The fourth-order valence-electron chi connectivity index (χ4n) is 1.78. The Morgan fingerprint density at radius 1 is 1.42 bits per heavy atom. The Balaban J connectivity index is 2.28. The number of hydrogen-bond acceptors (Lipinski definition) is 2. The molecule has 0 aromatic heterocycles. The van der Waals surface area contributed by atoms with Crippen LogP contribution in [-0.2, 0) is 0 Å². The minimum absolute atomic E-state index is 0.746. The lowest BCUT2D eigenvalue weighted by Crippen LogP contribution is -2.40. The van der Waals surface area contributed by atoms with Gasteiger partial charge in [-0.05, 0) is 25.0 Å². The Morgan fingerprint density at radius 3 is 2.50 bits per heavy atom. The summed E-state index contributed by atoms with van der Waals surface area (Å²) in [4.78, 5) is 0. The van der Waals surface area contributed by atoms with E-state index in [1.165, 1.54) is 25.0 Å². The van der Waals surface area contributed by atoms with E-state index in [9.17, 15) is 0 Å². The molecule has 1 saturated heterocycles. The van der Waals surface area contributed by atoms with Crippen molar-refractivity contribution in [3.63, 3.8) is 0 Å². The fourth-order valence-corrected chi connectivity index (χ4v) is 2.99. The summed E-state index contributed by atoms with van der Waals surface area (Å²) < 4.78 is 0. The van der Waals surface area contributed by atoms with Crippen LogP contribution < -0.4 is 5.32 Å². The summed E-state index contributed by atoms with van der Waals surface area (Å²) in [5, 5.41) is 4.57. The van der Waals surface area contributed by atoms with Gasteiger partial charge in [-0.25, -0.2) is 0 Å². The number of rotatable bonds is 4. The second-order valence-corrected chi connectivity index (χ2v) is 5.14. The van der Waals surface area contributed by atoms with E-state index < -0.39 is 0 Å². The maximum Gasteiger partial charge on any atom is 0.0194 e. The van der Waals surface area contributed by atoms with Gasteiger partial charge in [0.05, 0.1) is 0 Å². The summed E-state index contributed by atoms with van der Waals surface area (Å²) in [5.41, 5.74) is 0. The number of thioether (sulfide) groups is 1. The van der Waals surface area contributed by atoms with Crippen LogP contribution in [0.25, 0.3) is 0 Å². The topological polar surface area (TPSA) is 12.0 Å².